The number of aromatic nitrogens is 2. The molecule has 0 aliphatic rings. The van der Waals surface area contributed by atoms with Crippen LogP contribution in [0.15, 0.2) is 52.0 Å². The SMILES string of the molecule is NNC(=O)c1occc1Cn1ncc(=O)c2ccccc21. The predicted molar refractivity (Wildman–Crippen MR) is 75.5 cm³/mol. The molecule has 0 fully saturated rings. The van der Waals surface area contributed by atoms with Gasteiger partial charge in [0.15, 0.2) is 5.76 Å². The Hall–Kier alpha value is -2.93. The van der Waals surface area contributed by atoms with Crippen molar-refractivity contribution in [3.8, 4) is 0 Å². The maximum Gasteiger partial charge on any atom is 0.301 e. The molecule has 1 aromatic carbocycles. The van der Waals surface area contributed by atoms with Crippen molar-refractivity contribution in [1.82, 2.24) is 15.2 Å². The first kappa shape index (κ1) is 13.1. The molecule has 0 radical (unpaired) electrons. The van der Waals surface area contributed by atoms with Crippen LogP contribution in [0.5, 0.6) is 0 Å². The highest BCUT2D eigenvalue weighted by atomic mass is 16.3. The Labute approximate surface area is 118 Å². The van der Waals surface area contributed by atoms with Gasteiger partial charge >= 0.3 is 5.91 Å². The molecule has 0 aliphatic carbocycles. The van der Waals surface area contributed by atoms with E-state index in [0.29, 0.717) is 23.0 Å². The molecule has 0 unspecified atom stereocenters. The fourth-order valence-corrected chi connectivity index (χ4v) is 2.17. The number of hydrogen-bond acceptors (Lipinski definition) is 5. The predicted octanol–water partition coefficient (Wildman–Crippen LogP) is 0.641. The zero-order chi connectivity index (χ0) is 14.8. The van der Waals surface area contributed by atoms with Crippen LogP contribution in [0, 0.1) is 0 Å². The Kier molecular flexibility index (Phi) is 3.25. The van der Waals surface area contributed by atoms with E-state index in [1.165, 1.54) is 12.5 Å². The molecule has 106 valence electrons. The van der Waals surface area contributed by atoms with Gasteiger partial charge in [-0.05, 0) is 18.2 Å². The van der Waals surface area contributed by atoms with Crippen molar-refractivity contribution >= 4 is 16.8 Å². The van der Waals surface area contributed by atoms with Crippen LogP contribution in [0.1, 0.15) is 16.1 Å². The lowest BCUT2D eigenvalue weighted by molar-refractivity contribution is 0.0924. The number of para-hydroxylation sites is 1. The summed E-state index contributed by atoms with van der Waals surface area (Å²) < 4.78 is 6.76. The summed E-state index contributed by atoms with van der Waals surface area (Å²) >= 11 is 0. The minimum absolute atomic E-state index is 0.127. The third-order valence-electron chi connectivity index (χ3n) is 3.17. The summed E-state index contributed by atoms with van der Waals surface area (Å²) in [7, 11) is 0. The number of rotatable bonds is 3. The van der Waals surface area contributed by atoms with Crippen LogP contribution in [0.25, 0.3) is 10.9 Å². The van der Waals surface area contributed by atoms with Gasteiger partial charge in [-0.1, -0.05) is 12.1 Å². The average Bonchev–Trinajstić information content (AvgIpc) is 2.98. The first-order valence-electron chi connectivity index (χ1n) is 6.23. The molecular weight excluding hydrogens is 272 g/mol. The number of furan rings is 1. The second kappa shape index (κ2) is 5.22. The average molecular weight is 284 g/mol. The van der Waals surface area contributed by atoms with E-state index in [-0.39, 0.29) is 11.2 Å². The minimum Gasteiger partial charge on any atom is -0.459 e. The maximum atomic E-state index is 11.8. The van der Waals surface area contributed by atoms with Gasteiger partial charge < -0.3 is 4.42 Å². The number of fused-ring (bicyclic) bond motifs is 1. The van der Waals surface area contributed by atoms with Crippen LogP contribution in [-0.2, 0) is 6.54 Å². The lowest BCUT2D eigenvalue weighted by Crippen LogP contribution is -2.30. The van der Waals surface area contributed by atoms with Crippen LogP contribution in [0.4, 0.5) is 0 Å². The van der Waals surface area contributed by atoms with Gasteiger partial charge in [0.05, 0.1) is 24.5 Å². The fourth-order valence-electron chi connectivity index (χ4n) is 2.17. The molecule has 0 bridgehead atoms. The van der Waals surface area contributed by atoms with Gasteiger partial charge in [0.2, 0.25) is 5.43 Å². The summed E-state index contributed by atoms with van der Waals surface area (Å²) in [6, 6.07) is 8.81. The number of benzene rings is 1. The van der Waals surface area contributed by atoms with Crippen molar-refractivity contribution in [3.05, 3.63) is 64.3 Å². The van der Waals surface area contributed by atoms with Crippen molar-refractivity contribution in [2.24, 2.45) is 5.84 Å². The molecule has 0 aliphatic heterocycles. The van der Waals surface area contributed by atoms with Crippen molar-refractivity contribution in [2.75, 3.05) is 0 Å². The van der Waals surface area contributed by atoms with E-state index in [9.17, 15) is 9.59 Å². The van der Waals surface area contributed by atoms with Crippen molar-refractivity contribution in [3.63, 3.8) is 0 Å². The number of hydrazine groups is 1. The summed E-state index contributed by atoms with van der Waals surface area (Å²) in [5.74, 6) is 4.73. The smallest absolute Gasteiger partial charge is 0.301 e. The molecule has 1 amide bonds. The van der Waals surface area contributed by atoms with Crippen molar-refractivity contribution < 1.29 is 9.21 Å². The zero-order valence-corrected chi connectivity index (χ0v) is 10.9. The van der Waals surface area contributed by atoms with Gasteiger partial charge in [0.1, 0.15) is 0 Å². The third-order valence-corrected chi connectivity index (χ3v) is 3.17. The van der Waals surface area contributed by atoms with Gasteiger partial charge in [-0.25, -0.2) is 5.84 Å². The Bertz CT molecular complexity index is 866. The summed E-state index contributed by atoms with van der Waals surface area (Å²) in [5.41, 5.74) is 3.19. The fraction of sp³-hybridized carbons (Fsp3) is 0.0714. The highest BCUT2D eigenvalue weighted by Gasteiger charge is 2.15. The third kappa shape index (κ3) is 2.30. The number of carbonyl (C=O) groups is 1. The van der Waals surface area contributed by atoms with Gasteiger partial charge in [0, 0.05) is 10.9 Å². The van der Waals surface area contributed by atoms with E-state index in [1.807, 2.05) is 11.5 Å². The van der Waals surface area contributed by atoms with E-state index in [4.69, 9.17) is 10.3 Å². The number of carbonyl (C=O) groups excluding carboxylic acids is 1. The second-order valence-electron chi connectivity index (χ2n) is 4.43. The van der Waals surface area contributed by atoms with E-state index < -0.39 is 5.91 Å². The van der Waals surface area contributed by atoms with Gasteiger partial charge in [0.25, 0.3) is 0 Å². The second-order valence-corrected chi connectivity index (χ2v) is 4.43. The van der Waals surface area contributed by atoms with Gasteiger partial charge in [-0.15, -0.1) is 0 Å². The summed E-state index contributed by atoms with van der Waals surface area (Å²) in [4.78, 5) is 23.4. The van der Waals surface area contributed by atoms with Crippen LogP contribution in [0.3, 0.4) is 0 Å². The zero-order valence-electron chi connectivity index (χ0n) is 10.9. The molecule has 3 aromatic rings. The highest BCUT2D eigenvalue weighted by Crippen LogP contribution is 2.15. The van der Waals surface area contributed by atoms with Gasteiger partial charge in [-0.2, -0.15) is 5.10 Å². The molecule has 3 N–H and O–H groups in total. The number of nitrogen functional groups attached to an aromatic ring is 1. The lowest BCUT2D eigenvalue weighted by atomic mass is 10.2. The van der Waals surface area contributed by atoms with Crippen LogP contribution >= 0.6 is 0 Å². The first-order chi connectivity index (χ1) is 10.2. The van der Waals surface area contributed by atoms with E-state index >= 15 is 0 Å². The standard InChI is InChI=1S/C14H12N4O3/c15-17-14(20)13-9(5-6-21-13)8-18-11-4-2-1-3-10(11)12(19)7-16-18/h1-7H,8,15H2,(H,17,20). The monoisotopic (exact) mass is 284 g/mol. The minimum atomic E-state index is -0.514. The molecule has 0 atom stereocenters. The van der Waals surface area contributed by atoms with E-state index in [1.54, 1.807) is 28.9 Å². The number of nitrogens with zero attached hydrogens (tertiary/aromatic N) is 2. The molecule has 21 heavy (non-hydrogen) atoms. The van der Waals surface area contributed by atoms with Crippen LogP contribution in [-0.4, -0.2) is 15.7 Å². The van der Waals surface area contributed by atoms with E-state index in [0.717, 1.165) is 0 Å². The van der Waals surface area contributed by atoms with Crippen molar-refractivity contribution in [2.45, 2.75) is 6.54 Å². The Morgan fingerprint density at radius 1 is 1.33 bits per heavy atom. The number of hydrogen-bond donors (Lipinski definition) is 2. The molecule has 7 nitrogen and oxygen atoms in total. The molecule has 0 spiro atoms. The molecule has 2 heterocycles. The normalized spacial score (nSPS) is 10.7. The quantitative estimate of drug-likeness (QED) is 0.417. The Morgan fingerprint density at radius 2 is 2.14 bits per heavy atom. The summed E-state index contributed by atoms with van der Waals surface area (Å²) in [6.07, 6.45) is 2.66. The molecule has 3 rings (SSSR count). The summed E-state index contributed by atoms with van der Waals surface area (Å²) in [6.45, 7) is 0.292. The molecule has 0 saturated carbocycles. The number of nitrogens with one attached hydrogen (secondary N) is 1. The maximum absolute atomic E-state index is 11.8. The molecule has 7 heteroatoms. The molecule has 2 aromatic heterocycles. The van der Waals surface area contributed by atoms with Crippen molar-refractivity contribution in [1.29, 1.82) is 0 Å². The highest BCUT2D eigenvalue weighted by molar-refractivity contribution is 5.92. The topological polar surface area (TPSA) is 103 Å². The molecule has 0 saturated heterocycles. The molecular formula is C14H12N4O3. The van der Waals surface area contributed by atoms with Crippen LogP contribution < -0.4 is 16.7 Å². The number of nitrogens with two attached hydrogens (primary N) is 1. The number of amides is 1. The first-order valence-corrected chi connectivity index (χ1v) is 6.23. The largest absolute Gasteiger partial charge is 0.459 e. The Balaban J connectivity index is 2.08. The van der Waals surface area contributed by atoms with Gasteiger partial charge in [-0.3, -0.25) is 19.7 Å². The van der Waals surface area contributed by atoms with Crippen LogP contribution in [0.2, 0.25) is 0 Å². The lowest BCUT2D eigenvalue weighted by Gasteiger charge is -2.08. The Morgan fingerprint density at radius 3 is 2.95 bits per heavy atom. The summed E-state index contributed by atoms with van der Waals surface area (Å²) in [5, 5.41) is 4.68. The van der Waals surface area contributed by atoms with E-state index in [2.05, 4.69) is 5.10 Å².